The van der Waals surface area contributed by atoms with Crippen molar-refractivity contribution >= 4 is 21.8 Å². The minimum atomic E-state index is -3.83. The fourth-order valence-corrected chi connectivity index (χ4v) is 3.83. The highest BCUT2D eigenvalue weighted by Gasteiger charge is 2.22. The summed E-state index contributed by atoms with van der Waals surface area (Å²) < 4.78 is 25.2. The van der Waals surface area contributed by atoms with Gasteiger partial charge in [-0.1, -0.05) is 23.4 Å². The lowest BCUT2D eigenvalue weighted by Crippen LogP contribution is -2.35. The molecule has 26 heavy (non-hydrogen) atoms. The van der Waals surface area contributed by atoms with Gasteiger partial charge in [0.05, 0.1) is 12.0 Å². The van der Waals surface area contributed by atoms with Crippen LogP contribution in [0.25, 0.3) is 0 Å². The number of nitrogens with zero attached hydrogens (tertiary/aromatic N) is 1. The van der Waals surface area contributed by atoms with Gasteiger partial charge in [-0.15, -0.1) is 0 Å². The Hall–Kier alpha value is -1.97. The molecule has 8 nitrogen and oxygen atoms in total. The second-order valence-electron chi connectivity index (χ2n) is 6.18. The summed E-state index contributed by atoms with van der Waals surface area (Å²) in [6.45, 7) is 0.187. The molecule has 0 radical (unpaired) electrons. The molecule has 0 atom stereocenters. The molecule has 2 amide bonds. The molecule has 9 heteroatoms. The zero-order valence-electron chi connectivity index (χ0n) is 15.0. The first-order valence-corrected chi connectivity index (χ1v) is 9.99. The molecule has 0 spiro atoms. The Morgan fingerprint density at radius 3 is 2.62 bits per heavy atom. The van der Waals surface area contributed by atoms with Gasteiger partial charge in [-0.25, -0.2) is 8.42 Å². The van der Waals surface area contributed by atoms with Crippen molar-refractivity contribution in [3.63, 3.8) is 0 Å². The largest absolute Gasteiger partial charge is 0.353 e. The standard InChI is InChI=1S/C17H25N3O5S/c1-20(25-2)26(23,24)15-9-5-6-13(12-15)17(22)18-11-10-16(21)19-14-7-3-4-8-14/h5-6,9,12,14H,3-4,7-8,10-11H2,1-2H3,(H,18,22)(H,19,21). The number of hydroxylamine groups is 1. The van der Waals surface area contributed by atoms with Gasteiger partial charge in [-0.05, 0) is 31.0 Å². The van der Waals surface area contributed by atoms with Crippen molar-refractivity contribution in [3.8, 4) is 0 Å². The van der Waals surface area contributed by atoms with Gasteiger partial charge in [-0.2, -0.15) is 0 Å². The zero-order chi connectivity index (χ0) is 19.2. The number of amides is 2. The van der Waals surface area contributed by atoms with Crippen molar-refractivity contribution in [2.24, 2.45) is 0 Å². The Morgan fingerprint density at radius 2 is 1.96 bits per heavy atom. The van der Waals surface area contributed by atoms with E-state index >= 15 is 0 Å². The number of carbonyl (C=O) groups is 2. The normalized spacial score (nSPS) is 15.2. The van der Waals surface area contributed by atoms with E-state index in [1.165, 1.54) is 38.4 Å². The van der Waals surface area contributed by atoms with E-state index in [2.05, 4.69) is 10.6 Å². The summed E-state index contributed by atoms with van der Waals surface area (Å²) in [6.07, 6.45) is 4.48. The van der Waals surface area contributed by atoms with E-state index in [-0.39, 0.29) is 35.4 Å². The van der Waals surface area contributed by atoms with Crippen LogP contribution in [-0.2, 0) is 19.7 Å². The van der Waals surface area contributed by atoms with Crippen molar-refractivity contribution < 1.29 is 22.8 Å². The predicted molar refractivity (Wildman–Crippen MR) is 95.7 cm³/mol. The van der Waals surface area contributed by atoms with Crippen LogP contribution in [0, 0.1) is 0 Å². The summed E-state index contributed by atoms with van der Waals surface area (Å²) >= 11 is 0. The highest BCUT2D eigenvalue weighted by molar-refractivity contribution is 7.89. The van der Waals surface area contributed by atoms with Gasteiger partial charge in [0.1, 0.15) is 0 Å². The molecule has 0 aliphatic heterocycles. The maximum atomic E-state index is 12.2. The van der Waals surface area contributed by atoms with Gasteiger partial charge in [0.25, 0.3) is 15.9 Å². The molecule has 144 valence electrons. The Kier molecular flexibility index (Phi) is 7.13. The van der Waals surface area contributed by atoms with Crippen molar-refractivity contribution in [3.05, 3.63) is 29.8 Å². The summed E-state index contributed by atoms with van der Waals surface area (Å²) in [4.78, 5) is 28.7. The number of carbonyl (C=O) groups excluding carboxylic acids is 2. The minimum Gasteiger partial charge on any atom is -0.353 e. The number of hydrogen-bond acceptors (Lipinski definition) is 5. The third kappa shape index (κ3) is 5.26. The van der Waals surface area contributed by atoms with Crippen LogP contribution in [0.3, 0.4) is 0 Å². The van der Waals surface area contributed by atoms with E-state index in [4.69, 9.17) is 4.84 Å². The molecule has 2 rings (SSSR count). The smallest absolute Gasteiger partial charge is 0.264 e. The lowest BCUT2D eigenvalue weighted by atomic mass is 10.2. The zero-order valence-corrected chi connectivity index (χ0v) is 15.8. The number of nitrogens with one attached hydrogen (secondary N) is 2. The first-order chi connectivity index (χ1) is 12.3. The molecule has 0 aromatic heterocycles. The van der Waals surface area contributed by atoms with Gasteiger partial charge in [-0.3, -0.25) is 14.4 Å². The van der Waals surface area contributed by atoms with E-state index in [0.717, 1.165) is 30.2 Å². The topological polar surface area (TPSA) is 105 Å². The number of benzene rings is 1. The van der Waals surface area contributed by atoms with E-state index < -0.39 is 15.9 Å². The second-order valence-corrected chi connectivity index (χ2v) is 8.12. The van der Waals surface area contributed by atoms with E-state index in [1.807, 2.05) is 0 Å². The highest BCUT2D eigenvalue weighted by atomic mass is 32.2. The molecular formula is C17H25N3O5S. The minimum absolute atomic E-state index is 0.0477. The summed E-state index contributed by atoms with van der Waals surface area (Å²) in [5, 5.41) is 5.59. The van der Waals surface area contributed by atoms with Gasteiger partial charge in [0, 0.05) is 31.6 Å². The third-order valence-electron chi connectivity index (χ3n) is 4.35. The quantitative estimate of drug-likeness (QED) is 0.653. The van der Waals surface area contributed by atoms with Crippen LogP contribution < -0.4 is 10.6 Å². The Bertz CT molecular complexity index is 745. The van der Waals surface area contributed by atoms with Crippen LogP contribution in [0.2, 0.25) is 0 Å². The molecule has 0 unspecified atom stereocenters. The van der Waals surface area contributed by atoms with Gasteiger partial charge in [0.2, 0.25) is 5.91 Å². The molecular weight excluding hydrogens is 358 g/mol. The van der Waals surface area contributed by atoms with E-state index in [9.17, 15) is 18.0 Å². The number of rotatable bonds is 8. The molecule has 0 bridgehead atoms. The monoisotopic (exact) mass is 383 g/mol. The lowest BCUT2D eigenvalue weighted by molar-refractivity contribution is -0.121. The second kappa shape index (κ2) is 9.11. The Balaban J connectivity index is 1.89. The van der Waals surface area contributed by atoms with Crippen molar-refractivity contribution in [2.45, 2.75) is 43.0 Å². The molecule has 1 aliphatic rings. The molecule has 1 aromatic rings. The summed E-state index contributed by atoms with van der Waals surface area (Å²) in [5.74, 6) is -0.522. The molecule has 1 saturated carbocycles. The molecule has 0 heterocycles. The fraction of sp³-hybridized carbons (Fsp3) is 0.529. The Labute approximate surface area is 153 Å². The molecule has 1 fully saturated rings. The predicted octanol–water partition coefficient (Wildman–Crippen LogP) is 1.05. The molecule has 0 saturated heterocycles. The number of hydrogen-bond donors (Lipinski definition) is 2. The summed E-state index contributed by atoms with van der Waals surface area (Å²) in [6, 6.07) is 5.91. The van der Waals surface area contributed by atoms with Crippen molar-refractivity contribution in [2.75, 3.05) is 20.7 Å². The van der Waals surface area contributed by atoms with Crippen LogP contribution in [0.1, 0.15) is 42.5 Å². The third-order valence-corrected chi connectivity index (χ3v) is 6.02. The summed E-state index contributed by atoms with van der Waals surface area (Å²) in [5.41, 5.74) is 0.201. The highest BCUT2D eigenvalue weighted by Crippen LogP contribution is 2.18. The number of sulfonamides is 1. The van der Waals surface area contributed by atoms with Gasteiger partial charge >= 0.3 is 0 Å². The summed E-state index contributed by atoms with van der Waals surface area (Å²) in [7, 11) is -1.32. The van der Waals surface area contributed by atoms with Gasteiger partial charge < -0.3 is 10.6 Å². The van der Waals surface area contributed by atoms with Crippen molar-refractivity contribution in [1.82, 2.24) is 15.1 Å². The first-order valence-electron chi connectivity index (χ1n) is 8.55. The van der Waals surface area contributed by atoms with Crippen LogP contribution in [0.5, 0.6) is 0 Å². The molecule has 1 aliphatic carbocycles. The molecule has 2 N–H and O–H groups in total. The van der Waals surface area contributed by atoms with Crippen LogP contribution in [0.15, 0.2) is 29.2 Å². The van der Waals surface area contributed by atoms with Crippen molar-refractivity contribution in [1.29, 1.82) is 0 Å². The van der Waals surface area contributed by atoms with Gasteiger partial charge in [0.15, 0.2) is 0 Å². The van der Waals surface area contributed by atoms with Crippen LogP contribution in [0.4, 0.5) is 0 Å². The average molecular weight is 383 g/mol. The van der Waals surface area contributed by atoms with Crippen LogP contribution in [-0.4, -0.2) is 51.4 Å². The van der Waals surface area contributed by atoms with E-state index in [1.54, 1.807) is 0 Å². The fourth-order valence-electron chi connectivity index (χ4n) is 2.81. The molecule has 1 aromatic carbocycles. The SMILES string of the molecule is CON(C)S(=O)(=O)c1cccc(C(=O)NCCC(=O)NC2CCCC2)c1. The van der Waals surface area contributed by atoms with E-state index in [0.29, 0.717) is 0 Å². The average Bonchev–Trinajstić information content (AvgIpc) is 3.13. The maximum absolute atomic E-state index is 12.2. The first kappa shape index (κ1) is 20.3. The van der Waals surface area contributed by atoms with Crippen LogP contribution >= 0.6 is 0 Å². The Morgan fingerprint density at radius 1 is 1.27 bits per heavy atom. The lowest BCUT2D eigenvalue weighted by Gasteiger charge is -2.15. The maximum Gasteiger partial charge on any atom is 0.264 e.